The van der Waals surface area contributed by atoms with Crippen LogP contribution < -0.4 is 11.6 Å². The van der Waals surface area contributed by atoms with Crippen molar-refractivity contribution in [2.45, 2.75) is 13.3 Å². The van der Waals surface area contributed by atoms with E-state index in [1.807, 2.05) is 6.92 Å². The number of benzene rings is 1. The molecule has 0 saturated heterocycles. The molecule has 0 spiro atoms. The average Bonchev–Trinajstić information content (AvgIpc) is 2.59. The smallest absolute Gasteiger partial charge is 0.150 e. The molecule has 90 valence electrons. The minimum absolute atomic E-state index is 0.381. The SMILES string of the molecule is CCc1nc(-c2cc(Cl)ccc2Cl)c(N)n1N. The van der Waals surface area contributed by atoms with Gasteiger partial charge >= 0.3 is 0 Å². The van der Waals surface area contributed by atoms with Crippen LogP contribution in [-0.4, -0.2) is 9.66 Å². The van der Waals surface area contributed by atoms with Gasteiger partial charge < -0.3 is 11.6 Å². The molecule has 0 unspecified atom stereocenters. The first-order valence-electron chi connectivity index (χ1n) is 5.12. The third kappa shape index (κ3) is 2.06. The van der Waals surface area contributed by atoms with Gasteiger partial charge in [0.1, 0.15) is 11.5 Å². The van der Waals surface area contributed by atoms with Crippen LogP contribution in [0.3, 0.4) is 0 Å². The summed E-state index contributed by atoms with van der Waals surface area (Å²) in [7, 11) is 0. The van der Waals surface area contributed by atoms with Crippen LogP contribution in [0, 0.1) is 0 Å². The van der Waals surface area contributed by atoms with Gasteiger partial charge in [0.15, 0.2) is 5.82 Å². The Morgan fingerprint density at radius 1 is 1.35 bits per heavy atom. The molecule has 2 rings (SSSR count). The molecular formula is C11H12Cl2N4. The number of nitrogen functional groups attached to an aromatic ring is 2. The number of nitrogens with zero attached hydrogens (tertiary/aromatic N) is 2. The van der Waals surface area contributed by atoms with Gasteiger partial charge in [-0.05, 0) is 18.2 Å². The van der Waals surface area contributed by atoms with Crippen molar-refractivity contribution in [1.82, 2.24) is 9.66 Å². The molecule has 0 bridgehead atoms. The highest BCUT2D eigenvalue weighted by atomic mass is 35.5. The third-order valence-corrected chi connectivity index (χ3v) is 3.09. The van der Waals surface area contributed by atoms with Crippen molar-refractivity contribution >= 4 is 29.0 Å². The average molecular weight is 271 g/mol. The molecule has 17 heavy (non-hydrogen) atoms. The van der Waals surface area contributed by atoms with Crippen molar-refractivity contribution in [2.24, 2.45) is 0 Å². The van der Waals surface area contributed by atoms with E-state index in [2.05, 4.69) is 4.98 Å². The number of nitrogens with two attached hydrogens (primary N) is 2. The Kier molecular flexibility index (Phi) is 3.17. The second-order valence-corrected chi connectivity index (χ2v) is 4.45. The van der Waals surface area contributed by atoms with Crippen LogP contribution >= 0.6 is 23.2 Å². The quantitative estimate of drug-likeness (QED) is 0.825. The molecule has 0 saturated carbocycles. The summed E-state index contributed by atoms with van der Waals surface area (Å²) in [5.41, 5.74) is 7.16. The van der Waals surface area contributed by atoms with Crippen molar-refractivity contribution in [3.63, 3.8) is 0 Å². The van der Waals surface area contributed by atoms with E-state index >= 15 is 0 Å². The minimum atomic E-state index is 0.381. The predicted molar refractivity (Wildman–Crippen MR) is 71.6 cm³/mol. The van der Waals surface area contributed by atoms with Gasteiger partial charge in [-0.15, -0.1) is 0 Å². The molecule has 0 atom stereocenters. The summed E-state index contributed by atoms with van der Waals surface area (Å²) in [5.74, 6) is 6.88. The van der Waals surface area contributed by atoms with Gasteiger partial charge in [-0.2, -0.15) is 0 Å². The normalized spacial score (nSPS) is 10.8. The van der Waals surface area contributed by atoms with Gasteiger partial charge in [-0.1, -0.05) is 30.1 Å². The lowest BCUT2D eigenvalue weighted by Gasteiger charge is -2.03. The van der Waals surface area contributed by atoms with Gasteiger partial charge in [0.2, 0.25) is 0 Å². The molecule has 4 nitrogen and oxygen atoms in total. The van der Waals surface area contributed by atoms with E-state index in [9.17, 15) is 0 Å². The summed E-state index contributed by atoms with van der Waals surface area (Å²) in [6, 6.07) is 5.14. The monoisotopic (exact) mass is 270 g/mol. The summed E-state index contributed by atoms with van der Waals surface area (Å²) in [6.45, 7) is 1.95. The fourth-order valence-corrected chi connectivity index (χ4v) is 2.00. The zero-order chi connectivity index (χ0) is 12.6. The Labute approximate surface area is 109 Å². The number of halogens is 2. The maximum absolute atomic E-state index is 6.10. The van der Waals surface area contributed by atoms with E-state index in [0.29, 0.717) is 39.4 Å². The summed E-state index contributed by atoms with van der Waals surface area (Å²) in [6.07, 6.45) is 0.693. The Bertz CT molecular complexity index is 563. The highest BCUT2D eigenvalue weighted by molar-refractivity contribution is 6.35. The highest BCUT2D eigenvalue weighted by Crippen LogP contribution is 2.33. The second kappa shape index (κ2) is 4.47. The molecule has 0 aliphatic rings. The number of hydrogen-bond donors (Lipinski definition) is 2. The number of rotatable bonds is 2. The van der Waals surface area contributed by atoms with Crippen LogP contribution in [0.1, 0.15) is 12.7 Å². The van der Waals surface area contributed by atoms with Crippen molar-refractivity contribution in [2.75, 3.05) is 11.6 Å². The minimum Gasteiger partial charge on any atom is -0.382 e. The first-order chi connectivity index (χ1) is 8.04. The molecule has 0 aliphatic heterocycles. The van der Waals surface area contributed by atoms with Crippen LogP contribution in [0.4, 0.5) is 5.82 Å². The third-order valence-electron chi connectivity index (χ3n) is 2.52. The van der Waals surface area contributed by atoms with E-state index in [1.165, 1.54) is 4.68 Å². The molecular weight excluding hydrogens is 259 g/mol. The van der Waals surface area contributed by atoms with Gasteiger partial charge in [0, 0.05) is 17.0 Å². The summed E-state index contributed by atoms with van der Waals surface area (Å²) in [5, 5.41) is 1.12. The maximum atomic E-state index is 6.10. The topological polar surface area (TPSA) is 69.9 Å². The standard InChI is InChI=1S/C11H12Cl2N4/c1-2-9-16-10(11(14)17(9)15)7-5-6(12)3-4-8(7)13/h3-5H,2,14-15H2,1H3. The second-order valence-electron chi connectivity index (χ2n) is 3.61. The molecule has 1 heterocycles. The van der Waals surface area contributed by atoms with Crippen LogP contribution in [-0.2, 0) is 6.42 Å². The fraction of sp³-hybridized carbons (Fsp3) is 0.182. The molecule has 1 aromatic carbocycles. The lowest BCUT2D eigenvalue weighted by Crippen LogP contribution is -2.14. The van der Waals surface area contributed by atoms with Crippen molar-refractivity contribution in [3.05, 3.63) is 34.1 Å². The molecule has 0 fully saturated rings. The van der Waals surface area contributed by atoms with Crippen LogP contribution in [0.15, 0.2) is 18.2 Å². The van der Waals surface area contributed by atoms with Crippen LogP contribution in [0.5, 0.6) is 0 Å². The van der Waals surface area contributed by atoms with E-state index < -0.39 is 0 Å². The predicted octanol–water partition coefficient (Wildman–Crippen LogP) is 2.72. The Morgan fingerprint density at radius 3 is 2.65 bits per heavy atom. The zero-order valence-corrected chi connectivity index (χ0v) is 10.8. The fourth-order valence-electron chi connectivity index (χ4n) is 1.62. The van der Waals surface area contributed by atoms with E-state index in [0.717, 1.165) is 0 Å². The maximum Gasteiger partial charge on any atom is 0.150 e. The molecule has 2 aromatic rings. The van der Waals surface area contributed by atoms with Gasteiger partial charge in [-0.25, -0.2) is 9.66 Å². The molecule has 0 aliphatic carbocycles. The number of imidazole rings is 1. The van der Waals surface area contributed by atoms with E-state index in [-0.39, 0.29) is 0 Å². The lowest BCUT2D eigenvalue weighted by molar-refractivity contribution is 0.865. The number of hydrogen-bond acceptors (Lipinski definition) is 3. The molecule has 1 aromatic heterocycles. The molecule has 6 heteroatoms. The largest absolute Gasteiger partial charge is 0.382 e. The van der Waals surface area contributed by atoms with Gasteiger partial charge in [0.05, 0.1) is 5.02 Å². The van der Waals surface area contributed by atoms with Gasteiger partial charge in [-0.3, -0.25) is 0 Å². The molecule has 0 amide bonds. The Morgan fingerprint density at radius 2 is 2.06 bits per heavy atom. The van der Waals surface area contributed by atoms with Crippen molar-refractivity contribution < 1.29 is 0 Å². The van der Waals surface area contributed by atoms with E-state index in [4.69, 9.17) is 34.8 Å². The number of anilines is 1. The van der Waals surface area contributed by atoms with Crippen molar-refractivity contribution in [3.8, 4) is 11.3 Å². The highest BCUT2D eigenvalue weighted by Gasteiger charge is 2.16. The van der Waals surface area contributed by atoms with Crippen molar-refractivity contribution in [1.29, 1.82) is 0 Å². The van der Waals surface area contributed by atoms with E-state index in [1.54, 1.807) is 18.2 Å². The Balaban J connectivity index is 2.64. The lowest BCUT2D eigenvalue weighted by atomic mass is 10.1. The Hall–Kier alpha value is -1.39. The number of aromatic nitrogens is 2. The first-order valence-corrected chi connectivity index (χ1v) is 5.87. The summed E-state index contributed by atoms with van der Waals surface area (Å²) < 4.78 is 1.37. The van der Waals surface area contributed by atoms with Crippen LogP contribution in [0.25, 0.3) is 11.3 Å². The van der Waals surface area contributed by atoms with Crippen LogP contribution in [0.2, 0.25) is 10.0 Å². The number of aryl methyl sites for hydroxylation is 1. The summed E-state index contributed by atoms with van der Waals surface area (Å²) in [4.78, 5) is 4.37. The summed E-state index contributed by atoms with van der Waals surface area (Å²) >= 11 is 12.0. The molecule has 4 N–H and O–H groups in total. The zero-order valence-electron chi connectivity index (χ0n) is 9.24. The molecule has 0 radical (unpaired) electrons. The first kappa shape index (κ1) is 12.1. The van der Waals surface area contributed by atoms with Gasteiger partial charge in [0.25, 0.3) is 0 Å².